The average molecular weight is 356 g/mol. The van der Waals surface area contributed by atoms with Crippen LogP contribution in [0.5, 0.6) is 5.75 Å². The van der Waals surface area contributed by atoms with E-state index in [-0.39, 0.29) is 10.9 Å². The number of aryl methyl sites for hydroxylation is 1. The van der Waals surface area contributed by atoms with Crippen LogP contribution < -0.4 is 9.46 Å². The minimum absolute atomic E-state index is 0.127. The van der Waals surface area contributed by atoms with E-state index < -0.39 is 10.0 Å². The highest BCUT2D eigenvalue weighted by atomic mass is 32.2. The number of methoxy groups -OCH3 is 1. The Labute approximate surface area is 147 Å². The summed E-state index contributed by atoms with van der Waals surface area (Å²) in [6.07, 6.45) is 1.38. The Morgan fingerprint density at radius 2 is 1.88 bits per heavy atom. The second-order valence-electron chi connectivity index (χ2n) is 6.53. The molecule has 2 N–H and O–H groups in total. The van der Waals surface area contributed by atoms with Gasteiger partial charge in [-0.1, -0.05) is 11.6 Å². The topological polar surface area (TPSA) is 71.2 Å². The Morgan fingerprint density at radius 1 is 1.12 bits per heavy atom. The third-order valence-electron chi connectivity index (χ3n) is 4.74. The van der Waals surface area contributed by atoms with Crippen molar-refractivity contribution in [1.82, 2.24) is 9.71 Å². The molecule has 6 heteroatoms. The summed E-state index contributed by atoms with van der Waals surface area (Å²) in [5.41, 5.74) is 4.67. The SMILES string of the molecule is COc1ccc(S(=O)(=O)NC2Cc3[nH]c4ccc(C)cc4c3C2)cc1. The molecule has 1 unspecified atom stereocenters. The normalized spacial score (nSPS) is 17.0. The molecule has 2 aromatic carbocycles. The quantitative estimate of drug-likeness (QED) is 0.755. The predicted octanol–water partition coefficient (Wildman–Crippen LogP) is 2.93. The average Bonchev–Trinajstić information content (AvgIpc) is 3.12. The molecular formula is C19H20N2O3S. The first kappa shape index (κ1) is 16.2. The van der Waals surface area contributed by atoms with Crippen molar-refractivity contribution in [2.75, 3.05) is 7.11 Å². The Morgan fingerprint density at radius 3 is 2.60 bits per heavy atom. The standard InChI is InChI=1S/C19H20N2O3S/c1-12-3-8-18-16(9-12)17-10-13(11-19(17)20-18)21-25(22,23)15-6-4-14(24-2)5-7-15/h3-9,13,20-21H,10-11H2,1-2H3. The van der Waals surface area contributed by atoms with Crippen LogP contribution in [0.3, 0.4) is 0 Å². The summed E-state index contributed by atoms with van der Waals surface area (Å²) in [6, 6.07) is 12.6. The number of sulfonamides is 1. The van der Waals surface area contributed by atoms with Gasteiger partial charge in [-0.05, 0) is 55.3 Å². The fourth-order valence-electron chi connectivity index (χ4n) is 3.52. The van der Waals surface area contributed by atoms with Crippen molar-refractivity contribution in [3.8, 4) is 5.75 Å². The number of hydrogen-bond acceptors (Lipinski definition) is 3. The first-order valence-corrected chi connectivity index (χ1v) is 9.71. The van der Waals surface area contributed by atoms with Gasteiger partial charge in [0.15, 0.2) is 0 Å². The van der Waals surface area contributed by atoms with Gasteiger partial charge in [-0.25, -0.2) is 13.1 Å². The van der Waals surface area contributed by atoms with E-state index in [1.807, 2.05) is 0 Å². The smallest absolute Gasteiger partial charge is 0.240 e. The molecule has 1 heterocycles. The van der Waals surface area contributed by atoms with Gasteiger partial charge in [0.25, 0.3) is 0 Å². The molecule has 0 saturated heterocycles. The number of nitrogens with one attached hydrogen (secondary N) is 2. The van der Waals surface area contributed by atoms with Crippen LogP contribution in [0, 0.1) is 6.92 Å². The van der Waals surface area contributed by atoms with Gasteiger partial charge < -0.3 is 9.72 Å². The number of ether oxygens (including phenoxy) is 1. The van der Waals surface area contributed by atoms with E-state index in [1.54, 1.807) is 31.4 Å². The van der Waals surface area contributed by atoms with Gasteiger partial charge in [0, 0.05) is 29.1 Å². The van der Waals surface area contributed by atoms with Crippen LogP contribution in [0.1, 0.15) is 16.8 Å². The summed E-state index contributed by atoms with van der Waals surface area (Å²) >= 11 is 0. The molecule has 25 heavy (non-hydrogen) atoms. The lowest BCUT2D eigenvalue weighted by molar-refractivity contribution is 0.414. The van der Waals surface area contributed by atoms with Crippen LogP contribution in [0.25, 0.3) is 10.9 Å². The molecule has 5 nitrogen and oxygen atoms in total. The molecule has 0 spiro atoms. The molecule has 1 aromatic heterocycles. The van der Waals surface area contributed by atoms with Gasteiger partial charge >= 0.3 is 0 Å². The highest BCUT2D eigenvalue weighted by molar-refractivity contribution is 7.89. The van der Waals surface area contributed by atoms with E-state index in [4.69, 9.17) is 4.74 Å². The highest BCUT2D eigenvalue weighted by Gasteiger charge is 2.29. The molecule has 0 aliphatic heterocycles. The predicted molar refractivity (Wildman–Crippen MR) is 97.5 cm³/mol. The number of hydrogen-bond donors (Lipinski definition) is 2. The number of benzene rings is 2. The van der Waals surface area contributed by atoms with Crippen molar-refractivity contribution in [3.05, 3.63) is 59.3 Å². The maximum Gasteiger partial charge on any atom is 0.240 e. The molecule has 0 saturated carbocycles. The number of H-pyrrole nitrogens is 1. The summed E-state index contributed by atoms with van der Waals surface area (Å²) < 4.78 is 33.1. The van der Waals surface area contributed by atoms with Crippen LogP contribution in [-0.4, -0.2) is 26.6 Å². The van der Waals surface area contributed by atoms with Crippen LogP contribution >= 0.6 is 0 Å². The van der Waals surface area contributed by atoms with E-state index >= 15 is 0 Å². The fourth-order valence-corrected chi connectivity index (χ4v) is 4.75. The maximum atomic E-state index is 12.6. The Hall–Kier alpha value is -2.31. The second kappa shape index (κ2) is 5.89. The van der Waals surface area contributed by atoms with Crippen LogP contribution in [0.2, 0.25) is 0 Å². The summed E-state index contributed by atoms with van der Waals surface area (Å²) in [5.74, 6) is 0.636. The maximum absolute atomic E-state index is 12.6. The molecular weight excluding hydrogens is 336 g/mol. The van der Waals surface area contributed by atoms with Gasteiger partial charge in [-0.15, -0.1) is 0 Å². The minimum atomic E-state index is -3.55. The Balaban J connectivity index is 1.56. The van der Waals surface area contributed by atoms with E-state index in [0.29, 0.717) is 18.6 Å². The molecule has 3 aromatic rings. The van der Waals surface area contributed by atoms with E-state index in [2.05, 4.69) is 34.8 Å². The molecule has 0 amide bonds. The lowest BCUT2D eigenvalue weighted by Gasteiger charge is -2.13. The monoisotopic (exact) mass is 356 g/mol. The third kappa shape index (κ3) is 2.92. The highest BCUT2D eigenvalue weighted by Crippen LogP contribution is 2.31. The van der Waals surface area contributed by atoms with Crippen molar-refractivity contribution in [2.45, 2.75) is 30.7 Å². The first-order chi connectivity index (χ1) is 12.0. The zero-order valence-corrected chi connectivity index (χ0v) is 15.0. The third-order valence-corrected chi connectivity index (χ3v) is 6.28. The molecule has 0 fully saturated rings. The van der Waals surface area contributed by atoms with Gasteiger partial charge in [0.2, 0.25) is 10.0 Å². The number of fused-ring (bicyclic) bond motifs is 3. The van der Waals surface area contributed by atoms with E-state index in [0.717, 1.165) is 11.2 Å². The van der Waals surface area contributed by atoms with E-state index in [9.17, 15) is 8.42 Å². The molecule has 4 rings (SSSR count). The second-order valence-corrected chi connectivity index (χ2v) is 8.25. The minimum Gasteiger partial charge on any atom is -0.497 e. The van der Waals surface area contributed by atoms with Gasteiger partial charge in [-0.3, -0.25) is 0 Å². The largest absolute Gasteiger partial charge is 0.497 e. The van der Waals surface area contributed by atoms with Crippen molar-refractivity contribution in [3.63, 3.8) is 0 Å². The molecule has 0 radical (unpaired) electrons. The van der Waals surface area contributed by atoms with Crippen LogP contribution in [0.15, 0.2) is 47.4 Å². The summed E-state index contributed by atoms with van der Waals surface area (Å²) in [6.45, 7) is 2.07. The van der Waals surface area contributed by atoms with Crippen LogP contribution in [-0.2, 0) is 22.9 Å². The molecule has 130 valence electrons. The van der Waals surface area contributed by atoms with E-state index in [1.165, 1.54) is 16.5 Å². The summed E-state index contributed by atoms with van der Waals surface area (Å²) in [4.78, 5) is 3.68. The van der Waals surface area contributed by atoms with Gasteiger partial charge in [0.05, 0.1) is 12.0 Å². The zero-order valence-electron chi connectivity index (χ0n) is 14.2. The summed E-state index contributed by atoms with van der Waals surface area (Å²) in [7, 11) is -1.99. The lowest BCUT2D eigenvalue weighted by Crippen LogP contribution is -2.35. The fraction of sp³-hybridized carbons (Fsp3) is 0.263. The van der Waals surface area contributed by atoms with Crippen molar-refractivity contribution in [1.29, 1.82) is 0 Å². The molecule has 1 aliphatic rings. The number of aromatic amines is 1. The van der Waals surface area contributed by atoms with Crippen molar-refractivity contribution in [2.24, 2.45) is 0 Å². The Kier molecular flexibility index (Phi) is 3.81. The Bertz CT molecular complexity index is 1040. The van der Waals surface area contributed by atoms with Gasteiger partial charge in [0.1, 0.15) is 5.75 Å². The molecule has 1 aliphatic carbocycles. The lowest BCUT2D eigenvalue weighted by atomic mass is 10.1. The number of rotatable bonds is 4. The molecule has 0 bridgehead atoms. The van der Waals surface area contributed by atoms with Gasteiger partial charge in [-0.2, -0.15) is 0 Å². The first-order valence-electron chi connectivity index (χ1n) is 8.23. The van der Waals surface area contributed by atoms with Crippen LogP contribution in [0.4, 0.5) is 0 Å². The zero-order chi connectivity index (χ0) is 17.6. The summed E-state index contributed by atoms with van der Waals surface area (Å²) in [5, 5.41) is 1.20. The molecule has 1 atom stereocenters. The van der Waals surface area contributed by atoms with Crippen molar-refractivity contribution < 1.29 is 13.2 Å². The number of aromatic nitrogens is 1. The van der Waals surface area contributed by atoms with Crippen molar-refractivity contribution >= 4 is 20.9 Å².